The van der Waals surface area contributed by atoms with Gasteiger partial charge in [-0.25, -0.2) is 0 Å². The molecule has 0 aliphatic rings. The molecular weight excluding hydrogens is 236 g/mol. The zero-order valence-electron chi connectivity index (χ0n) is 12.0. The maximum Gasteiger partial charge on any atom is 0.169 e. The van der Waals surface area contributed by atoms with Gasteiger partial charge < -0.3 is 0 Å². The first-order valence-corrected chi connectivity index (χ1v) is 6.63. The molecule has 2 aromatic rings. The van der Waals surface area contributed by atoms with E-state index < -0.39 is 0 Å². The minimum absolute atomic E-state index is 0.159. The number of hydrogen-bond donors (Lipinski definition) is 0. The molecule has 100 valence electrons. The number of aryl methyl sites for hydroxylation is 4. The molecule has 0 aliphatic carbocycles. The molecule has 1 heterocycles. The second-order valence-corrected chi connectivity index (χ2v) is 5.02. The van der Waals surface area contributed by atoms with Crippen molar-refractivity contribution < 1.29 is 4.79 Å². The van der Waals surface area contributed by atoms with Crippen molar-refractivity contribution in [2.75, 3.05) is 0 Å². The Hall–Kier alpha value is -1.90. The van der Waals surface area contributed by atoms with Crippen LogP contribution in [-0.4, -0.2) is 15.6 Å². The molecule has 0 radical (unpaired) electrons. The van der Waals surface area contributed by atoms with Gasteiger partial charge in [-0.05, 0) is 38.0 Å². The third-order valence-electron chi connectivity index (χ3n) is 3.42. The summed E-state index contributed by atoms with van der Waals surface area (Å²) in [6.07, 6.45) is 1.30. The van der Waals surface area contributed by atoms with E-state index in [9.17, 15) is 4.79 Å². The molecule has 0 N–H and O–H groups in total. The molecule has 0 unspecified atom stereocenters. The van der Waals surface area contributed by atoms with Crippen LogP contribution >= 0.6 is 0 Å². The predicted octanol–water partition coefficient (Wildman–Crippen LogP) is 3.02. The Morgan fingerprint density at radius 1 is 1.26 bits per heavy atom. The second-order valence-electron chi connectivity index (χ2n) is 5.02. The van der Waals surface area contributed by atoms with Crippen LogP contribution in [-0.2, 0) is 19.9 Å². The molecule has 2 rings (SSSR count). The number of ketones is 1. The highest BCUT2D eigenvalue weighted by atomic mass is 16.1. The molecule has 0 saturated heterocycles. The van der Waals surface area contributed by atoms with Crippen LogP contribution in [0.2, 0.25) is 0 Å². The fraction of sp³-hybridized carbons (Fsp3) is 0.375. The highest BCUT2D eigenvalue weighted by Gasteiger charge is 2.13. The molecule has 3 nitrogen and oxygen atoms in total. The van der Waals surface area contributed by atoms with E-state index >= 15 is 0 Å². The van der Waals surface area contributed by atoms with Gasteiger partial charge >= 0.3 is 0 Å². The van der Waals surface area contributed by atoms with Crippen molar-refractivity contribution in [3.8, 4) is 0 Å². The van der Waals surface area contributed by atoms with Crippen LogP contribution in [0.3, 0.4) is 0 Å². The van der Waals surface area contributed by atoms with Crippen LogP contribution in [0.5, 0.6) is 0 Å². The lowest BCUT2D eigenvalue weighted by atomic mass is 9.99. The normalized spacial score (nSPS) is 10.7. The zero-order chi connectivity index (χ0) is 14.0. The van der Waals surface area contributed by atoms with Crippen LogP contribution in [0.1, 0.15) is 39.8 Å². The standard InChI is InChI=1S/C16H20N2O/c1-5-13-9-14(18(4)17-13)10-16(19)15-8-11(2)6-7-12(15)3/h6-9H,5,10H2,1-4H3. The van der Waals surface area contributed by atoms with Gasteiger partial charge in [0, 0.05) is 18.3 Å². The molecule has 0 bridgehead atoms. The Bertz CT molecular complexity index is 611. The topological polar surface area (TPSA) is 34.9 Å². The summed E-state index contributed by atoms with van der Waals surface area (Å²) in [6, 6.07) is 8.02. The number of aromatic nitrogens is 2. The van der Waals surface area contributed by atoms with E-state index in [1.165, 1.54) is 0 Å². The van der Waals surface area contributed by atoms with Crippen molar-refractivity contribution in [3.05, 3.63) is 52.3 Å². The van der Waals surface area contributed by atoms with E-state index in [4.69, 9.17) is 0 Å². The summed E-state index contributed by atoms with van der Waals surface area (Å²) in [5.41, 5.74) is 4.98. The van der Waals surface area contributed by atoms with Gasteiger partial charge in [0.05, 0.1) is 12.1 Å². The molecule has 1 aromatic heterocycles. The quantitative estimate of drug-likeness (QED) is 0.788. The fourth-order valence-electron chi connectivity index (χ4n) is 2.21. The second kappa shape index (κ2) is 5.39. The van der Waals surface area contributed by atoms with Gasteiger partial charge in [-0.1, -0.05) is 24.6 Å². The maximum atomic E-state index is 12.4. The van der Waals surface area contributed by atoms with E-state index in [0.29, 0.717) is 6.42 Å². The van der Waals surface area contributed by atoms with Crippen molar-refractivity contribution in [1.82, 2.24) is 9.78 Å². The lowest BCUT2D eigenvalue weighted by Gasteiger charge is -2.06. The Labute approximate surface area is 114 Å². The number of benzene rings is 1. The fourth-order valence-corrected chi connectivity index (χ4v) is 2.21. The van der Waals surface area contributed by atoms with Crippen LogP contribution in [0, 0.1) is 13.8 Å². The van der Waals surface area contributed by atoms with Gasteiger partial charge in [0.15, 0.2) is 5.78 Å². The van der Waals surface area contributed by atoms with Gasteiger partial charge in [0.2, 0.25) is 0 Å². The zero-order valence-corrected chi connectivity index (χ0v) is 12.0. The SMILES string of the molecule is CCc1cc(CC(=O)c2cc(C)ccc2C)n(C)n1. The van der Waals surface area contributed by atoms with Gasteiger partial charge in [0.1, 0.15) is 0 Å². The van der Waals surface area contributed by atoms with Gasteiger partial charge in [-0.2, -0.15) is 5.10 Å². The van der Waals surface area contributed by atoms with Crippen molar-refractivity contribution in [2.45, 2.75) is 33.6 Å². The molecule has 0 fully saturated rings. The molecular formula is C16H20N2O. The number of rotatable bonds is 4. The summed E-state index contributed by atoms with van der Waals surface area (Å²) in [7, 11) is 1.89. The molecule has 19 heavy (non-hydrogen) atoms. The highest BCUT2D eigenvalue weighted by Crippen LogP contribution is 2.14. The van der Waals surface area contributed by atoms with Gasteiger partial charge in [0.25, 0.3) is 0 Å². The Morgan fingerprint density at radius 2 is 2.00 bits per heavy atom. The maximum absolute atomic E-state index is 12.4. The van der Waals surface area contributed by atoms with E-state index in [1.807, 2.05) is 49.8 Å². The summed E-state index contributed by atoms with van der Waals surface area (Å²) in [4.78, 5) is 12.4. The molecule has 0 atom stereocenters. The average Bonchev–Trinajstić information content (AvgIpc) is 2.73. The minimum atomic E-state index is 0.159. The van der Waals surface area contributed by atoms with Crippen LogP contribution in [0.4, 0.5) is 0 Å². The van der Waals surface area contributed by atoms with Crippen LogP contribution in [0.25, 0.3) is 0 Å². The third-order valence-corrected chi connectivity index (χ3v) is 3.42. The molecule has 0 saturated carbocycles. The predicted molar refractivity (Wildman–Crippen MR) is 76.5 cm³/mol. The van der Waals surface area contributed by atoms with Crippen molar-refractivity contribution >= 4 is 5.78 Å². The smallest absolute Gasteiger partial charge is 0.169 e. The molecule has 3 heteroatoms. The number of carbonyl (C=O) groups excluding carboxylic acids is 1. The van der Waals surface area contributed by atoms with Gasteiger partial charge in [-0.15, -0.1) is 0 Å². The average molecular weight is 256 g/mol. The van der Waals surface area contributed by atoms with E-state index in [1.54, 1.807) is 0 Å². The lowest BCUT2D eigenvalue weighted by molar-refractivity contribution is 0.0990. The summed E-state index contributed by atoms with van der Waals surface area (Å²) in [5.74, 6) is 0.159. The molecule has 1 aromatic carbocycles. The third kappa shape index (κ3) is 2.92. The number of carbonyl (C=O) groups is 1. The number of hydrogen-bond acceptors (Lipinski definition) is 2. The van der Waals surface area contributed by atoms with Crippen molar-refractivity contribution in [3.63, 3.8) is 0 Å². The first-order valence-electron chi connectivity index (χ1n) is 6.63. The van der Waals surface area contributed by atoms with Crippen molar-refractivity contribution in [2.24, 2.45) is 7.05 Å². The summed E-state index contributed by atoms with van der Waals surface area (Å²) >= 11 is 0. The first-order chi connectivity index (χ1) is 9.01. The number of Topliss-reactive ketones (excluding diaryl/α,β-unsaturated/α-hetero) is 1. The van der Waals surface area contributed by atoms with E-state index in [0.717, 1.165) is 34.5 Å². The summed E-state index contributed by atoms with van der Waals surface area (Å²) < 4.78 is 1.81. The molecule has 0 aliphatic heterocycles. The molecule has 0 amide bonds. The van der Waals surface area contributed by atoms with E-state index in [2.05, 4.69) is 12.0 Å². The van der Waals surface area contributed by atoms with Gasteiger partial charge in [-0.3, -0.25) is 9.48 Å². The first kappa shape index (κ1) is 13.5. The largest absolute Gasteiger partial charge is 0.294 e. The van der Waals surface area contributed by atoms with Crippen LogP contribution < -0.4 is 0 Å². The summed E-state index contributed by atoms with van der Waals surface area (Å²) in [6.45, 7) is 6.06. The number of nitrogens with zero attached hydrogens (tertiary/aromatic N) is 2. The summed E-state index contributed by atoms with van der Waals surface area (Å²) in [5, 5.41) is 4.38. The molecule has 0 spiro atoms. The Morgan fingerprint density at radius 3 is 2.63 bits per heavy atom. The lowest BCUT2D eigenvalue weighted by Crippen LogP contribution is -2.09. The minimum Gasteiger partial charge on any atom is -0.294 e. The monoisotopic (exact) mass is 256 g/mol. The van der Waals surface area contributed by atoms with E-state index in [-0.39, 0.29) is 5.78 Å². The Kier molecular flexibility index (Phi) is 3.84. The van der Waals surface area contributed by atoms with Crippen molar-refractivity contribution in [1.29, 1.82) is 0 Å². The Balaban J connectivity index is 2.25. The van der Waals surface area contributed by atoms with Crippen LogP contribution in [0.15, 0.2) is 24.3 Å². The highest BCUT2D eigenvalue weighted by molar-refractivity contribution is 5.98.